The lowest BCUT2D eigenvalue weighted by atomic mass is 9.90. The molecule has 1 fully saturated rings. The molecule has 0 spiro atoms. The van der Waals surface area contributed by atoms with Gasteiger partial charge in [0.25, 0.3) is 0 Å². The quantitative estimate of drug-likeness (QED) is 0.839. The smallest absolute Gasteiger partial charge is 0.231 e. The van der Waals surface area contributed by atoms with Crippen LogP contribution in [0.25, 0.3) is 0 Å². The SMILES string of the molecule is CC1(c2cc3c(c(Cl)c2F)OCO3)CCCN1. The third-order valence-corrected chi connectivity index (χ3v) is 3.85. The number of nitrogens with one attached hydrogen (secondary N) is 1. The summed E-state index contributed by atoms with van der Waals surface area (Å²) in [5.41, 5.74) is 0.193. The van der Waals surface area contributed by atoms with Gasteiger partial charge in [-0.15, -0.1) is 0 Å². The average molecular weight is 258 g/mol. The molecular weight excluding hydrogens is 245 g/mol. The Morgan fingerprint density at radius 1 is 1.47 bits per heavy atom. The minimum absolute atomic E-state index is 0.0184. The third kappa shape index (κ3) is 1.58. The summed E-state index contributed by atoms with van der Waals surface area (Å²) in [4.78, 5) is 0. The Labute approximate surface area is 104 Å². The van der Waals surface area contributed by atoms with Crippen molar-refractivity contribution in [3.05, 3.63) is 22.5 Å². The number of benzene rings is 1. The van der Waals surface area contributed by atoms with Crippen LogP contribution >= 0.6 is 11.6 Å². The van der Waals surface area contributed by atoms with Crippen LogP contribution in [0.4, 0.5) is 4.39 Å². The average Bonchev–Trinajstić information content (AvgIpc) is 2.92. The summed E-state index contributed by atoms with van der Waals surface area (Å²) >= 11 is 5.98. The summed E-state index contributed by atoms with van der Waals surface area (Å²) < 4.78 is 24.7. The van der Waals surface area contributed by atoms with E-state index >= 15 is 0 Å². The molecule has 0 aliphatic carbocycles. The first kappa shape index (κ1) is 11.1. The van der Waals surface area contributed by atoms with Crippen LogP contribution in [0.1, 0.15) is 25.3 Å². The predicted octanol–water partition coefficient (Wildman–Crippen LogP) is 2.81. The molecule has 1 atom stereocenters. The number of halogens is 2. The summed E-state index contributed by atoms with van der Waals surface area (Å²) in [6.07, 6.45) is 1.92. The first-order chi connectivity index (χ1) is 8.12. The van der Waals surface area contributed by atoms with Gasteiger partial charge >= 0.3 is 0 Å². The van der Waals surface area contributed by atoms with Gasteiger partial charge in [-0.2, -0.15) is 0 Å². The Balaban J connectivity index is 2.14. The summed E-state index contributed by atoms with van der Waals surface area (Å²) in [6.45, 7) is 2.97. The third-order valence-electron chi connectivity index (χ3n) is 3.51. The Bertz CT molecular complexity index is 472. The first-order valence-electron chi connectivity index (χ1n) is 5.65. The fourth-order valence-corrected chi connectivity index (χ4v) is 2.76. The van der Waals surface area contributed by atoms with E-state index in [1.807, 2.05) is 6.92 Å². The largest absolute Gasteiger partial charge is 0.454 e. The van der Waals surface area contributed by atoms with Gasteiger partial charge in [-0.3, -0.25) is 0 Å². The molecule has 2 aliphatic rings. The van der Waals surface area contributed by atoms with Crippen LogP contribution < -0.4 is 14.8 Å². The van der Waals surface area contributed by atoms with Gasteiger partial charge in [0.05, 0.1) is 0 Å². The van der Waals surface area contributed by atoms with Crippen molar-refractivity contribution in [3.63, 3.8) is 0 Å². The van der Waals surface area contributed by atoms with E-state index in [1.54, 1.807) is 6.07 Å². The highest BCUT2D eigenvalue weighted by molar-refractivity contribution is 6.32. The molecule has 17 heavy (non-hydrogen) atoms. The fourth-order valence-electron chi connectivity index (χ4n) is 2.51. The highest BCUT2D eigenvalue weighted by atomic mass is 35.5. The molecule has 0 aromatic heterocycles. The van der Waals surface area contributed by atoms with Gasteiger partial charge in [-0.1, -0.05) is 11.6 Å². The van der Waals surface area contributed by atoms with E-state index in [0.29, 0.717) is 17.1 Å². The summed E-state index contributed by atoms with van der Waals surface area (Å²) in [5, 5.41) is 3.33. The topological polar surface area (TPSA) is 30.5 Å². The van der Waals surface area contributed by atoms with Crippen LogP contribution in [0.2, 0.25) is 5.02 Å². The molecule has 0 saturated carbocycles. The van der Waals surface area contributed by atoms with Crippen molar-refractivity contribution in [2.45, 2.75) is 25.3 Å². The van der Waals surface area contributed by atoms with Crippen molar-refractivity contribution in [1.82, 2.24) is 5.32 Å². The van der Waals surface area contributed by atoms with E-state index in [2.05, 4.69) is 5.32 Å². The molecule has 1 N–H and O–H groups in total. The van der Waals surface area contributed by atoms with Gasteiger partial charge < -0.3 is 14.8 Å². The van der Waals surface area contributed by atoms with E-state index in [9.17, 15) is 4.39 Å². The van der Waals surface area contributed by atoms with Crippen LogP contribution in [0.3, 0.4) is 0 Å². The van der Waals surface area contributed by atoms with Gasteiger partial charge in [0.1, 0.15) is 5.02 Å². The molecular formula is C12H13ClFNO2. The molecule has 3 rings (SSSR count). The van der Waals surface area contributed by atoms with Crippen LogP contribution in [-0.4, -0.2) is 13.3 Å². The molecule has 92 valence electrons. The molecule has 1 unspecified atom stereocenters. The molecule has 2 aliphatic heterocycles. The van der Waals surface area contributed by atoms with Gasteiger partial charge in [0, 0.05) is 11.1 Å². The number of fused-ring (bicyclic) bond motifs is 1. The van der Waals surface area contributed by atoms with Crippen molar-refractivity contribution < 1.29 is 13.9 Å². The maximum atomic E-state index is 14.2. The second kappa shape index (κ2) is 3.75. The maximum absolute atomic E-state index is 14.2. The molecule has 0 amide bonds. The minimum Gasteiger partial charge on any atom is -0.454 e. The van der Waals surface area contributed by atoms with Crippen LogP contribution in [-0.2, 0) is 5.54 Å². The van der Waals surface area contributed by atoms with Crippen molar-refractivity contribution in [1.29, 1.82) is 0 Å². The van der Waals surface area contributed by atoms with E-state index in [4.69, 9.17) is 21.1 Å². The number of ether oxygens (including phenoxy) is 2. The molecule has 0 radical (unpaired) electrons. The zero-order valence-corrected chi connectivity index (χ0v) is 10.2. The lowest BCUT2D eigenvalue weighted by Crippen LogP contribution is -2.34. The van der Waals surface area contributed by atoms with Gasteiger partial charge in [-0.05, 0) is 32.4 Å². The fraction of sp³-hybridized carbons (Fsp3) is 0.500. The maximum Gasteiger partial charge on any atom is 0.231 e. The molecule has 3 nitrogen and oxygen atoms in total. The van der Waals surface area contributed by atoms with E-state index in [0.717, 1.165) is 19.4 Å². The Morgan fingerprint density at radius 3 is 3.00 bits per heavy atom. The molecule has 1 saturated heterocycles. The summed E-state index contributed by atoms with van der Waals surface area (Å²) in [5.74, 6) is 0.434. The second-order valence-electron chi connectivity index (χ2n) is 4.65. The molecule has 2 heterocycles. The predicted molar refractivity (Wildman–Crippen MR) is 62.1 cm³/mol. The van der Waals surface area contributed by atoms with Gasteiger partial charge in [0.15, 0.2) is 17.3 Å². The zero-order chi connectivity index (χ0) is 12.0. The number of hydrogen-bond acceptors (Lipinski definition) is 3. The van der Waals surface area contributed by atoms with Gasteiger partial charge in [-0.25, -0.2) is 4.39 Å². The molecule has 1 aromatic carbocycles. The zero-order valence-electron chi connectivity index (χ0n) is 9.48. The van der Waals surface area contributed by atoms with E-state index in [1.165, 1.54) is 0 Å². The summed E-state index contributed by atoms with van der Waals surface area (Å²) in [6, 6.07) is 1.70. The Hall–Kier alpha value is -1.00. The van der Waals surface area contributed by atoms with Crippen molar-refractivity contribution in [3.8, 4) is 11.5 Å². The van der Waals surface area contributed by atoms with Gasteiger partial charge in [0.2, 0.25) is 6.79 Å². The standard InChI is InChI=1S/C12H13ClFNO2/c1-12(3-2-4-15-12)7-5-8-11(17-6-16-8)9(13)10(7)14/h5,15H,2-4,6H2,1H3. The number of hydrogen-bond donors (Lipinski definition) is 1. The highest BCUT2D eigenvalue weighted by Crippen LogP contribution is 2.45. The van der Waals surface area contributed by atoms with E-state index < -0.39 is 5.82 Å². The monoisotopic (exact) mass is 257 g/mol. The Kier molecular flexibility index (Phi) is 2.45. The molecule has 5 heteroatoms. The lowest BCUT2D eigenvalue weighted by Gasteiger charge is -2.26. The van der Waals surface area contributed by atoms with Crippen molar-refractivity contribution in [2.75, 3.05) is 13.3 Å². The summed E-state index contributed by atoms with van der Waals surface area (Å²) in [7, 11) is 0. The highest BCUT2D eigenvalue weighted by Gasteiger charge is 2.36. The van der Waals surface area contributed by atoms with Crippen molar-refractivity contribution >= 4 is 11.6 Å². The molecule has 0 bridgehead atoms. The van der Waals surface area contributed by atoms with Crippen LogP contribution in [0.5, 0.6) is 11.5 Å². The first-order valence-corrected chi connectivity index (χ1v) is 6.03. The van der Waals surface area contributed by atoms with E-state index in [-0.39, 0.29) is 17.4 Å². The lowest BCUT2D eigenvalue weighted by molar-refractivity contribution is 0.174. The van der Waals surface area contributed by atoms with Crippen molar-refractivity contribution in [2.24, 2.45) is 0 Å². The molecule has 1 aromatic rings. The normalized spacial score (nSPS) is 26.5. The minimum atomic E-state index is -0.409. The second-order valence-corrected chi connectivity index (χ2v) is 5.03. The Morgan fingerprint density at radius 2 is 2.29 bits per heavy atom. The van der Waals surface area contributed by atoms with Crippen LogP contribution in [0.15, 0.2) is 6.07 Å². The van der Waals surface area contributed by atoms with Crippen LogP contribution in [0, 0.1) is 5.82 Å². The number of rotatable bonds is 1.